The molecule has 1 aromatic carbocycles. The molecule has 0 bridgehead atoms. The molecule has 2 heterocycles. The fraction of sp³-hybridized carbons (Fsp3) is 0.158. The SMILES string of the molecule is O=C(CCc1ccccc1Br)NCc1ccnc(-c2ccsc2)c1. The number of aryl methyl sites for hydroxylation is 1. The third-order valence-electron chi connectivity index (χ3n) is 3.71. The summed E-state index contributed by atoms with van der Waals surface area (Å²) in [6.07, 6.45) is 2.99. The maximum absolute atomic E-state index is 12.1. The minimum atomic E-state index is 0.0552. The lowest BCUT2D eigenvalue weighted by atomic mass is 10.1. The lowest BCUT2D eigenvalue weighted by Crippen LogP contribution is -2.23. The molecular formula is C19H17BrN2OS. The van der Waals surface area contributed by atoms with E-state index in [4.69, 9.17) is 0 Å². The second-order valence-corrected chi connectivity index (χ2v) is 7.06. The Bertz CT molecular complexity index is 818. The summed E-state index contributed by atoms with van der Waals surface area (Å²) in [5.41, 5.74) is 4.26. The molecule has 0 unspecified atom stereocenters. The number of nitrogens with zero attached hydrogens (tertiary/aromatic N) is 1. The zero-order chi connectivity index (χ0) is 16.8. The zero-order valence-electron chi connectivity index (χ0n) is 13.0. The number of aromatic nitrogens is 1. The second kappa shape index (κ2) is 8.22. The van der Waals surface area contributed by atoms with Crippen molar-refractivity contribution in [3.63, 3.8) is 0 Å². The van der Waals surface area contributed by atoms with Crippen molar-refractivity contribution in [2.75, 3.05) is 0 Å². The molecule has 0 radical (unpaired) electrons. The Hall–Kier alpha value is -1.98. The van der Waals surface area contributed by atoms with Gasteiger partial charge in [-0.1, -0.05) is 34.1 Å². The molecule has 24 heavy (non-hydrogen) atoms. The van der Waals surface area contributed by atoms with Gasteiger partial charge in [0.1, 0.15) is 0 Å². The minimum absolute atomic E-state index is 0.0552. The van der Waals surface area contributed by atoms with Crippen molar-refractivity contribution in [1.82, 2.24) is 10.3 Å². The van der Waals surface area contributed by atoms with Gasteiger partial charge in [0.25, 0.3) is 0 Å². The van der Waals surface area contributed by atoms with Gasteiger partial charge in [-0.15, -0.1) is 0 Å². The molecular weight excluding hydrogens is 384 g/mol. The molecule has 0 saturated heterocycles. The number of amides is 1. The number of hydrogen-bond acceptors (Lipinski definition) is 3. The number of benzene rings is 1. The molecule has 0 aliphatic carbocycles. The fourth-order valence-corrected chi connectivity index (χ4v) is 3.52. The Morgan fingerprint density at radius 3 is 2.88 bits per heavy atom. The Kier molecular flexibility index (Phi) is 5.77. The minimum Gasteiger partial charge on any atom is -0.352 e. The topological polar surface area (TPSA) is 42.0 Å². The van der Waals surface area contributed by atoms with Gasteiger partial charge in [0.15, 0.2) is 0 Å². The van der Waals surface area contributed by atoms with Crippen LogP contribution in [0.25, 0.3) is 11.3 Å². The van der Waals surface area contributed by atoms with Gasteiger partial charge in [-0.3, -0.25) is 9.78 Å². The predicted octanol–water partition coefficient (Wildman–Crippen LogP) is 4.82. The lowest BCUT2D eigenvalue weighted by Gasteiger charge is -2.07. The van der Waals surface area contributed by atoms with Gasteiger partial charge in [0.2, 0.25) is 5.91 Å². The van der Waals surface area contributed by atoms with Crippen LogP contribution in [0.5, 0.6) is 0 Å². The Morgan fingerprint density at radius 2 is 2.08 bits per heavy atom. The van der Waals surface area contributed by atoms with Crippen molar-refractivity contribution in [1.29, 1.82) is 0 Å². The third-order valence-corrected chi connectivity index (χ3v) is 5.17. The predicted molar refractivity (Wildman–Crippen MR) is 102 cm³/mol. The highest BCUT2D eigenvalue weighted by molar-refractivity contribution is 9.10. The van der Waals surface area contributed by atoms with E-state index >= 15 is 0 Å². The zero-order valence-corrected chi connectivity index (χ0v) is 15.4. The van der Waals surface area contributed by atoms with E-state index in [1.807, 2.05) is 47.8 Å². The number of rotatable bonds is 6. The maximum Gasteiger partial charge on any atom is 0.220 e. The van der Waals surface area contributed by atoms with Crippen molar-refractivity contribution in [2.45, 2.75) is 19.4 Å². The van der Waals surface area contributed by atoms with Gasteiger partial charge >= 0.3 is 0 Å². The first-order chi connectivity index (χ1) is 11.7. The molecule has 3 rings (SSSR count). The molecule has 5 heteroatoms. The van der Waals surface area contributed by atoms with Gasteiger partial charge in [-0.25, -0.2) is 0 Å². The fourth-order valence-electron chi connectivity index (χ4n) is 2.39. The maximum atomic E-state index is 12.1. The van der Waals surface area contributed by atoms with Gasteiger partial charge < -0.3 is 5.32 Å². The normalized spacial score (nSPS) is 10.5. The van der Waals surface area contributed by atoms with E-state index in [1.54, 1.807) is 17.5 Å². The van der Waals surface area contributed by atoms with Gasteiger partial charge in [0.05, 0.1) is 5.69 Å². The molecule has 0 aliphatic heterocycles. The first kappa shape index (κ1) is 16.9. The number of halogens is 1. The summed E-state index contributed by atoms with van der Waals surface area (Å²) in [5.74, 6) is 0.0552. The number of carbonyl (C=O) groups is 1. The molecule has 0 fully saturated rings. The first-order valence-electron chi connectivity index (χ1n) is 7.70. The Labute approximate surface area is 153 Å². The number of carbonyl (C=O) groups excluding carboxylic acids is 1. The summed E-state index contributed by atoms with van der Waals surface area (Å²) in [5, 5.41) is 7.09. The van der Waals surface area contributed by atoms with Crippen LogP contribution in [0.4, 0.5) is 0 Å². The summed E-state index contributed by atoms with van der Waals surface area (Å²) >= 11 is 5.16. The van der Waals surface area contributed by atoms with E-state index in [2.05, 4.69) is 31.6 Å². The average Bonchev–Trinajstić information content (AvgIpc) is 3.14. The highest BCUT2D eigenvalue weighted by Crippen LogP contribution is 2.20. The molecule has 122 valence electrons. The van der Waals surface area contributed by atoms with Crippen LogP contribution in [0, 0.1) is 0 Å². The monoisotopic (exact) mass is 400 g/mol. The van der Waals surface area contributed by atoms with Gasteiger partial charge in [0, 0.05) is 34.6 Å². The van der Waals surface area contributed by atoms with E-state index in [-0.39, 0.29) is 5.91 Å². The number of hydrogen-bond donors (Lipinski definition) is 1. The van der Waals surface area contributed by atoms with Crippen LogP contribution in [-0.4, -0.2) is 10.9 Å². The summed E-state index contributed by atoms with van der Waals surface area (Å²) in [6, 6.07) is 14.0. The Balaban J connectivity index is 1.53. The van der Waals surface area contributed by atoms with Crippen LogP contribution in [0.2, 0.25) is 0 Å². The highest BCUT2D eigenvalue weighted by atomic mass is 79.9. The average molecular weight is 401 g/mol. The van der Waals surface area contributed by atoms with Gasteiger partial charge in [-0.05, 0) is 47.2 Å². The smallest absolute Gasteiger partial charge is 0.220 e. The summed E-state index contributed by atoms with van der Waals surface area (Å²) in [6.45, 7) is 0.522. The number of pyridine rings is 1. The quantitative estimate of drug-likeness (QED) is 0.644. The first-order valence-corrected chi connectivity index (χ1v) is 9.43. The molecule has 0 aliphatic rings. The van der Waals surface area contributed by atoms with Crippen LogP contribution >= 0.6 is 27.3 Å². The van der Waals surface area contributed by atoms with Crippen LogP contribution in [-0.2, 0) is 17.8 Å². The molecule has 0 spiro atoms. The molecule has 0 saturated carbocycles. The summed E-state index contributed by atoms with van der Waals surface area (Å²) in [7, 11) is 0. The van der Waals surface area contributed by atoms with Crippen molar-refractivity contribution in [3.8, 4) is 11.3 Å². The molecule has 1 amide bonds. The largest absolute Gasteiger partial charge is 0.352 e. The lowest BCUT2D eigenvalue weighted by molar-refractivity contribution is -0.121. The number of thiophene rings is 1. The molecule has 3 aromatic rings. The summed E-state index contributed by atoms with van der Waals surface area (Å²) in [4.78, 5) is 16.5. The van der Waals surface area contributed by atoms with E-state index in [9.17, 15) is 4.79 Å². The van der Waals surface area contributed by atoms with E-state index < -0.39 is 0 Å². The number of nitrogens with one attached hydrogen (secondary N) is 1. The standard InChI is InChI=1S/C19H17BrN2OS/c20-17-4-2-1-3-15(17)5-6-19(23)22-12-14-7-9-21-18(11-14)16-8-10-24-13-16/h1-4,7-11,13H,5-6,12H2,(H,22,23). The summed E-state index contributed by atoms with van der Waals surface area (Å²) < 4.78 is 1.05. The van der Waals surface area contributed by atoms with Crippen molar-refractivity contribution in [3.05, 3.63) is 75.0 Å². The van der Waals surface area contributed by atoms with E-state index in [0.717, 1.165) is 33.3 Å². The molecule has 2 aromatic heterocycles. The van der Waals surface area contributed by atoms with E-state index in [1.165, 1.54) is 0 Å². The van der Waals surface area contributed by atoms with Crippen LogP contribution in [0.15, 0.2) is 63.9 Å². The Morgan fingerprint density at radius 1 is 1.21 bits per heavy atom. The van der Waals surface area contributed by atoms with Crippen molar-refractivity contribution >= 4 is 33.2 Å². The molecule has 0 atom stereocenters. The molecule has 1 N–H and O–H groups in total. The highest BCUT2D eigenvalue weighted by Gasteiger charge is 2.06. The van der Waals surface area contributed by atoms with E-state index in [0.29, 0.717) is 13.0 Å². The van der Waals surface area contributed by atoms with Crippen LogP contribution < -0.4 is 5.32 Å². The third kappa shape index (κ3) is 4.52. The van der Waals surface area contributed by atoms with Crippen molar-refractivity contribution < 1.29 is 4.79 Å². The molecule has 3 nitrogen and oxygen atoms in total. The van der Waals surface area contributed by atoms with Gasteiger partial charge in [-0.2, -0.15) is 11.3 Å². The second-order valence-electron chi connectivity index (χ2n) is 5.43. The van der Waals surface area contributed by atoms with Crippen LogP contribution in [0.1, 0.15) is 17.5 Å². The van der Waals surface area contributed by atoms with Crippen LogP contribution in [0.3, 0.4) is 0 Å². The van der Waals surface area contributed by atoms with Crippen molar-refractivity contribution in [2.24, 2.45) is 0 Å².